The van der Waals surface area contributed by atoms with Crippen LogP contribution in [0.1, 0.15) is 37.9 Å². The highest BCUT2D eigenvalue weighted by molar-refractivity contribution is 5.79. The minimum absolute atomic E-state index is 0.276. The average molecular weight is 345 g/mol. The molecule has 0 radical (unpaired) electrons. The van der Waals surface area contributed by atoms with E-state index in [1.165, 1.54) is 0 Å². The third kappa shape index (κ3) is 6.82. The number of nitrogens with zero attached hydrogens (tertiary/aromatic N) is 3. The van der Waals surface area contributed by atoms with Gasteiger partial charge in [0.1, 0.15) is 5.75 Å². The molecule has 0 bridgehead atoms. The molecule has 2 rings (SSSR count). The molecule has 1 heterocycles. The Bertz CT molecular complexity index is 640. The van der Waals surface area contributed by atoms with E-state index in [1.807, 2.05) is 44.2 Å². The highest BCUT2D eigenvalue weighted by Crippen LogP contribution is 2.09. The number of ether oxygens (including phenoxy) is 1. The summed E-state index contributed by atoms with van der Waals surface area (Å²) < 4.78 is 10.9. The Morgan fingerprint density at radius 2 is 1.96 bits per heavy atom. The molecular weight excluding hydrogens is 318 g/mol. The summed E-state index contributed by atoms with van der Waals surface area (Å²) >= 11 is 0. The predicted octanol–water partition coefficient (Wildman–Crippen LogP) is 2.37. The van der Waals surface area contributed by atoms with E-state index < -0.39 is 0 Å². The fourth-order valence-corrected chi connectivity index (χ4v) is 2.10. The van der Waals surface area contributed by atoms with Crippen LogP contribution in [-0.2, 0) is 6.42 Å². The van der Waals surface area contributed by atoms with Crippen LogP contribution in [0, 0.1) is 0 Å². The van der Waals surface area contributed by atoms with Crippen molar-refractivity contribution in [2.75, 3.05) is 26.7 Å². The van der Waals surface area contributed by atoms with Crippen LogP contribution >= 0.6 is 0 Å². The minimum Gasteiger partial charge on any atom is -0.494 e. The molecule has 2 aromatic rings. The van der Waals surface area contributed by atoms with Crippen LogP contribution in [0.25, 0.3) is 0 Å². The molecule has 0 atom stereocenters. The van der Waals surface area contributed by atoms with Crippen molar-refractivity contribution in [3.63, 3.8) is 0 Å². The van der Waals surface area contributed by atoms with Crippen LogP contribution in [-0.4, -0.2) is 42.8 Å². The van der Waals surface area contributed by atoms with Gasteiger partial charge in [-0.05, 0) is 18.6 Å². The third-order valence-corrected chi connectivity index (χ3v) is 3.48. The van der Waals surface area contributed by atoms with Crippen LogP contribution in [0.3, 0.4) is 0 Å². The van der Waals surface area contributed by atoms with Gasteiger partial charge in [0.25, 0.3) is 0 Å². The van der Waals surface area contributed by atoms with Gasteiger partial charge in [0.2, 0.25) is 5.89 Å². The van der Waals surface area contributed by atoms with E-state index in [9.17, 15) is 0 Å². The zero-order valence-electron chi connectivity index (χ0n) is 15.2. The molecule has 2 N–H and O–H groups in total. The summed E-state index contributed by atoms with van der Waals surface area (Å²) in [5.41, 5.74) is 0. The Morgan fingerprint density at radius 1 is 1.20 bits per heavy atom. The van der Waals surface area contributed by atoms with Gasteiger partial charge in [0, 0.05) is 32.5 Å². The Labute approximate surface area is 148 Å². The van der Waals surface area contributed by atoms with Crippen LogP contribution in [0.2, 0.25) is 0 Å². The number of hydrogen-bond donors (Lipinski definition) is 2. The number of para-hydroxylation sites is 1. The minimum atomic E-state index is 0.276. The average Bonchev–Trinajstić information content (AvgIpc) is 3.10. The molecule has 0 saturated heterocycles. The molecule has 136 valence electrons. The summed E-state index contributed by atoms with van der Waals surface area (Å²) in [7, 11) is 1.75. The maximum atomic E-state index is 5.65. The van der Waals surface area contributed by atoms with Gasteiger partial charge in [-0.25, -0.2) is 0 Å². The second kappa shape index (κ2) is 10.3. The zero-order chi connectivity index (χ0) is 17.9. The van der Waals surface area contributed by atoms with Gasteiger partial charge in [-0.3, -0.25) is 4.99 Å². The first-order valence-corrected chi connectivity index (χ1v) is 8.64. The molecule has 0 amide bonds. The Kier molecular flexibility index (Phi) is 7.75. The molecule has 0 spiro atoms. The zero-order valence-corrected chi connectivity index (χ0v) is 15.2. The van der Waals surface area contributed by atoms with E-state index in [0.29, 0.717) is 25.5 Å². The normalized spacial score (nSPS) is 11.6. The lowest BCUT2D eigenvalue weighted by molar-refractivity contribution is 0.311. The highest BCUT2D eigenvalue weighted by Gasteiger charge is 2.09. The van der Waals surface area contributed by atoms with Gasteiger partial charge in [-0.15, -0.1) is 0 Å². The first-order valence-electron chi connectivity index (χ1n) is 8.64. The molecule has 0 aliphatic carbocycles. The van der Waals surface area contributed by atoms with Crippen molar-refractivity contribution in [3.8, 4) is 5.75 Å². The summed E-state index contributed by atoms with van der Waals surface area (Å²) in [5, 5.41) is 10.4. The number of hydrogen-bond acceptors (Lipinski definition) is 5. The first-order chi connectivity index (χ1) is 12.2. The molecule has 0 unspecified atom stereocenters. The second-order valence-corrected chi connectivity index (χ2v) is 5.89. The van der Waals surface area contributed by atoms with E-state index in [-0.39, 0.29) is 5.92 Å². The van der Waals surface area contributed by atoms with Crippen LogP contribution in [0.5, 0.6) is 5.75 Å². The van der Waals surface area contributed by atoms with Crippen molar-refractivity contribution in [2.45, 2.75) is 32.6 Å². The molecular formula is C18H27N5O2. The fraction of sp³-hybridized carbons (Fsp3) is 0.500. The summed E-state index contributed by atoms with van der Waals surface area (Å²) in [4.78, 5) is 8.55. The largest absolute Gasteiger partial charge is 0.494 e. The van der Waals surface area contributed by atoms with E-state index in [1.54, 1.807) is 7.05 Å². The summed E-state index contributed by atoms with van der Waals surface area (Å²) in [6, 6.07) is 9.81. The Balaban J connectivity index is 1.58. The number of aliphatic imine (C=N–C) groups is 1. The summed E-state index contributed by atoms with van der Waals surface area (Å²) in [5.74, 6) is 3.31. The lowest BCUT2D eigenvalue weighted by Crippen LogP contribution is -2.39. The van der Waals surface area contributed by atoms with E-state index in [0.717, 1.165) is 30.5 Å². The summed E-state index contributed by atoms with van der Waals surface area (Å²) in [6.07, 6.45) is 1.55. The lowest BCUT2D eigenvalue weighted by Gasteiger charge is -2.11. The van der Waals surface area contributed by atoms with Crippen molar-refractivity contribution >= 4 is 5.96 Å². The molecule has 1 aromatic carbocycles. The first kappa shape index (κ1) is 18.8. The monoisotopic (exact) mass is 345 g/mol. The number of aromatic nitrogens is 2. The molecule has 0 aliphatic heterocycles. The molecule has 1 aromatic heterocycles. The lowest BCUT2D eigenvalue weighted by atomic mass is 10.2. The smallest absolute Gasteiger partial charge is 0.228 e. The number of benzene rings is 1. The molecule has 7 heteroatoms. The van der Waals surface area contributed by atoms with Crippen LogP contribution < -0.4 is 15.4 Å². The van der Waals surface area contributed by atoms with Crippen molar-refractivity contribution < 1.29 is 9.26 Å². The maximum Gasteiger partial charge on any atom is 0.228 e. The van der Waals surface area contributed by atoms with Crippen molar-refractivity contribution in [2.24, 2.45) is 4.99 Å². The van der Waals surface area contributed by atoms with Crippen molar-refractivity contribution in [1.82, 2.24) is 20.8 Å². The van der Waals surface area contributed by atoms with Crippen molar-refractivity contribution in [3.05, 3.63) is 42.0 Å². The molecule has 0 fully saturated rings. The number of guanidine groups is 1. The number of rotatable bonds is 9. The quantitative estimate of drug-likeness (QED) is 0.412. The van der Waals surface area contributed by atoms with Gasteiger partial charge in [-0.2, -0.15) is 4.98 Å². The predicted molar refractivity (Wildman–Crippen MR) is 98.0 cm³/mol. The molecule has 0 saturated carbocycles. The maximum absolute atomic E-state index is 5.65. The van der Waals surface area contributed by atoms with E-state index in [2.05, 4.69) is 25.8 Å². The fourth-order valence-electron chi connectivity index (χ4n) is 2.10. The van der Waals surface area contributed by atoms with Gasteiger partial charge in [0.05, 0.1) is 6.61 Å². The molecule has 25 heavy (non-hydrogen) atoms. The second-order valence-electron chi connectivity index (χ2n) is 5.89. The van der Waals surface area contributed by atoms with E-state index >= 15 is 0 Å². The highest BCUT2D eigenvalue weighted by atomic mass is 16.5. The van der Waals surface area contributed by atoms with Crippen LogP contribution in [0.15, 0.2) is 39.8 Å². The third-order valence-electron chi connectivity index (χ3n) is 3.48. The Morgan fingerprint density at radius 3 is 2.64 bits per heavy atom. The SMILES string of the molecule is CN=C(NCCCOc1ccccc1)NCCc1nc(C(C)C)no1. The van der Waals surface area contributed by atoms with Gasteiger partial charge >= 0.3 is 0 Å². The van der Waals surface area contributed by atoms with Gasteiger partial charge < -0.3 is 19.9 Å². The summed E-state index contributed by atoms with van der Waals surface area (Å²) in [6.45, 7) is 6.21. The standard InChI is InChI=1S/C18H27N5O2/c1-14(2)17-22-16(25-23-17)10-12-21-18(19-3)20-11-7-13-24-15-8-5-4-6-9-15/h4-6,8-9,14H,7,10-13H2,1-3H3,(H2,19,20,21). The molecule has 0 aliphatic rings. The van der Waals surface area contributed by atoms with Gasteiger partial charge in [0.15, 0.2) is 11.8 Å². The molecule has 7 nitrogen and oxygen atoms in total. The topological polar surface area (TPSA) is 84.6 Å². The van der Waals surface area contributed by atoms with Crippen molar-refractivity contribution in [1.29, 1.82) is 0 Å². The van der Waals surface area contributed by atoms with E-state index in [4.69, 9.17) is 9.26 Å². The van der Waals surface area contributed by atoms with Crippen LogP contribution in [0.4, 0.5) is 0 Å². The van der Waals surface area contributed by atoms with Gasteiger partial charge in [-0.1, -0.05) is 37.2 Å². The number of nitrogens with one attached hydrogen (secondary N) is 2. The Hall–Kier alpha value is -2.57.